The van der Waals surface area contributed by atoms with Crippen molar-refractivity contribution in [3.63, 3.8) is 0 Å². The Morgan fingerprint density at radius 2 is 1.65 bits per heavy atom. The first kappa shape index (κ1) is 21.4. The molecule has 0 aliphatic carbocycles. The third-order valence-electron chi connectivity index (χ3n) is 3.93. The van der Waals surface area contributed by atoms with Gasteiger partial charge in [0.1, 0.15) is 0 Å². The van der Waals surface area contributed by atoms with Crippen LogP contribution in [0.3, 0.4) is 0 Å². The molecule has 1 unspecified atom stereocenters. The van der Waals surface area contributed by atoms with Gasteiger partial charge < -0.3 is 14.3 Å². The molecule has 0 rings (SSSR count). The van der Waals surface area contributed by atoms with E-state index in [0.29, 0.717) is 19.3 Å². The number of ether oxygens (including phenoxy) is 1. The van der Waals surface area contributed by atoms with Crippen LogP contribution in [0.1, 0.15) is 47.0 Å². The van der Waals surface area contributed by atoms with Crippen molar-refractivity contribution in [2.45, 2.75) is 71.2 Å². The molecule has 0 aliphatic rings. The topological polar surface area (TPSA) is 89.9 Å². The first-order valence-electron chi connectivity index (χ1n) is 8.12. The molecule has 0 aromatic rings. The number of hydrogen-bond acceptors (Lipinski definition) is 5. The van der Waals surface area contributed by atoms with Gasteiger partial charge in [-0.05, 0) is 37.9 Å². The van der Waals surface area contributed by atoms with Crippen molar-refractivity contribution in [3.05, 3.63) is 12.2 Å². The summed E-state index contributed by atoms with van der Waals surface area (Å²) in [5.41, 5.74) is 0. The monoisotopic (exact) mass is 344 g/mol. The van der Waals surface area contributed by atoms with Crippen LogP contribution in [0.5, 0.6) is 0 Å². The Hall–Kier alpha value is -1.63. The zero-order valence-corrected chi connectivity index (χ0v) is 15.5. The Balaban J connectivity index is 4.12. The highest BCUT2D eigenvalue weighted by Crippen LogP contribution is 2.22. The van der Waals surface area contributed by atoms with E-state index in [-0.39, 0.29) is 12.1 Å². The van der Waals surface area contributed by atoms with Gasteiger partial charge in [-0.1, -0.05) is 20.8 Å². The standard InChI is InChI=1S/C16H28O6Si/c1-5-23(6-2,7-3)22-16(20)10-8-9-13(4)21-15(19)12-11-14(17)18/h11-13H,5-10H2,1-4H3,(H,17,18)/b12-11+. The Morgan fingerprint density at radius 3 is 2.13 bits per heavy atom. The van der Waals surface area contributed by atoms with Crippen molar-refractivity contribution >= 4 is 26.2 Å². The van der Waals surface area contributed by atoms with Crippen LogP contribution < -0.4 is 0 Å². The summed E-state index contributed by atoms with van der Waals surface area (Å²) in [4.78, 5) is 33.5. The first-order chi connectivity index (χ1) is 10.8. The van der Waals surface area contributed by atoms with Crippen LogP contribution in [-0.2, 0) is 23.5 Å². The predicted molar refractivity (Wildman–Crippen MR) is 89.5 cm³/mol. The molecular formula is C16H28O6Si. The van der Waals surface area contributed by atoms with E-state index in [9.17, 15) is 14.4 Å². The van der Waals surface area contributed by atoms with Crippen LogP contribution in [0.25, 0.3) is 0 Å². The number of carbonyl (C=O) groups excluding carboxylic acids is 2. The maximum absolute atomic E-state index is 11.9. The maximum atomic E-state index is 11.9. The zero-order chi connectivity index (χ0) is 17.9. The first-order valence-corrected chi connectivity index (χ1v) is 10.6. The minimum absolute atomic E-state index is 0.175. The van der Waals surface area contributed by atoms with Crippen molar-refractivity contribution in [3.8, 4) is 0 Å². The summed E-state index contributed by atoms with van der Waals surface area (Å²) in [6.07, 6.45) is 2.63. The lowest BCUT2D eigenvalue weighted by Crippen LogP contribution is -2.38. The van der Waals surface area contributed by atoms with Gasteiger partial charge in [-0.15, -0.1) is 0 Å². The minimum Gasteiger partial charge on any atom is -0.519 e. The van der Waals surface area contributed by atoms with E-state index in [1.165, 1.54) is 0 Å². The Bertz CT molecular complexity index is 420. The number of rotatable bonds is 11. The molecule has 0 radical (unpaired) electrons. The van der Waals surface area contributed by atoms with Gasteiger partial charge >= 0.3 is 11.9 Å². The fourth-order valence-electron chi connectivity index (χ4n) is 2.23. The molecule has 7 heteroatoms. The van der Waals surface area contributed by atoms with E-state index in [1.807, 2.05) is 0 Å². The molecule has 0 aromatic heterocycles. The highest BCUT2D eigenvalue weighted by molar-refractivity contribution is 6.74. The minimum atomic E-state index is -1.90. The number of carboxylic acids is 1. The van der Waals surface area contributed by atoms with Gasteiger partial charge in [0, 0.05) is 18.6 Å². The molecular weight excluding hydrogens is 316 g/mol. The van der Waals surface area contributed by atoms with Crippen LogP contribution in [0.4, 0.5) is 0 Å². The molecule has 0 fully saturated rings. The molecule has 6 nitrogen and oxygen atoms in total. The molecule has 0 heterocycles. The van der Waals surface area contributed by atoms with Crippen LogP contribution in [0.2, 0.25) is 18.1 Å². The third-order valence-corrected chi connectivity index (χ3v) is 8.46. The number of esters is 1. The fraction of sp³-hybridized carbons (Fsp3) is 0.688. The average Bonchev–Trinajstić information content (AvgIpc) is 2.50. The van der Waals surface area contributed by atoms with Gasteiger partial charge in [0.2, 0.25) is 0 Å². The van der Waals surface area contributed by atoms with Crippen LogP contribution in [-0.4, -0.2) is 37.4 Å². The molecule has 0 spiro atoms. The molecule has 0 saturated carbocycles. The molecule has 1 N–H and O–H groups in total. The molecule has 23 heavy (non-hydrogen) atoms. The van der Waals surface area contributed by atoms with Gasteiger partial charge in [-0.25, -0.2) is 9.59 Å². The number of carboxylic acid groups (broad SMARTS) is 1. The second kappa shape index (κ2) is 11.0. The van der Waals surface area contributed by atoms with E-state index in [2.05, 4.69) is 20.8 Å². The smallest absolute Gasteiger partial charge is 0.331 e. The number of hydrogen-bond donors (Lipinski definition) is 1. The molecule has 0 bridgehead atoms. The summed E-state index contributed by atoms with van der Waals surface area (Å²) < 4.78 is 10.7. The Morgan fingerprint density at radius 1 is 1.09 bits per heavy atom. The van der Waals surface area contributed by atoms with Crippen molar-refractivity contribution in [1.29, 1.82) is 0 Å². The molecule has 0 aliphatic heterocycles. The fourth-order valence-corrected chi connectivity index (χ4v) is 4.75. The van der Waals surface area contributed by atoms with Crippen LogP contribution >= 0.6 is 0 Å². The summed E-state index contributed by atoms with van der Waals surface area (Å²) in [6.45, 7) is 7.91. The van der Waals surface area contributed by atoms with E-state index in [0.717, 1.165) is 30.3 Å². The lowest BCUT2D eigenvalue weighted by molar-refractivity contribution is -0.143. The summed E-state index contributed by atoms with van der Waals surface area (Å²) in [5.74, 6) is -2.07. The van der Waals surface area contributed by atoms with E-state index < -0.39 is 20.3 Å². The predicted octanol–water partition coefficient (Wildman–Crippen LogP) is 3.28. The summed E-state index contributed by atoms with van der Waals surface area (Å²) >= 11 is 0. The van der Waals surface area contributed by atoms with Gasteiger partial charge in [-0.3, -0.25) is 4.79 Å². The highest BCUT2D eigenvalue weighted by Gasteiger charge is 2.32. The summed E-state index contributed by atoms with van der Waals surface area (Å²) in [6, 6.07) is 2.78. The van der Waals surface area contributed by atoms with Gasteiger partial charge in [0.05, 0.1) is 6.10 Å². The molecule has 1 atom stereocenters. The molecule has 0 amide bonds. The third kappa shape index (κ3) is 9.17. The second-order valence-corrected chi connectivity index (χ2v) is 10.2. The van der Waals surface area contributed by atoms with E-state index in [1.54, 1.807) is 6.92 Å². The SMILES string of the molecule is CC[Si](CC)(CC)OC(=O)CCCC(C)OC(=O)/C=C/C(=O)O. The summed E-state index contributed by atoms with van der Waals surface area (Å²) in [7, 11) is -1.90. The zero-order valence-electron chi connectivity index (χ0n) is 14.5. The van der Waals surface area contributed by atoms with E-state index in [4.69, 9.17) is 14.3 Å². The van der Waals surface area contributed by atoms with Crippen molar-refractivity contribution < 1.29 is 28.7 Å². The highest BCUT2D eigenvalue weighted by atomic mass is 28.4. The largest absolute Gasteiger partial charge is 0.519 e. The lowest BCUT2D eigenvalue weighted by Gasteiger charge is -2.27. The van der Waals surface area contributed by atoms with Gasteiger partial charge in [0.25, 0.3) is 14.3 Å². The molecule has 0 aromatic carbocycles. The number of aliphatic carboxylic acids is 1. The average molecular weight is 344 g/mol. The van der Waals surface area contributed by atoms with Gasteiger partial charge in [-0.2, -0.15) is 0 Å². The molecule has 132 valence electrons. The van der Waals surface area contributed by atoms with Crippen LogP contribution in [0.15, 0.2) is 12.2 Å². The maximum Gasteiger partial charge on any atom is 0.331 e. The van der Waals surface area contributed by atoms with Crippen molar-refractivity contribution in [1.82, 2.24) is 0 Å². The van der Waals surface area contributed by atoms with Crippen molar-refractivity contribution in [2.75, 3.05) is 0 Å². The number of carbonyl (C=O) groups is 3. The quantitative estimate of drug-likeness (QED) is 0.351. The Labute approximate surface area is 139 Å². The van der Waals surface area contributed by atoms with Gasteiger partial charge in [0.15, 0.2) is 0 Å². The lowest BCUT2D eigenvalue weighted by atomic mass is 10.2. The second-order valence-electron chi connectivity index (χ2n) is 5.53. The summed E-state index contributed by atoms with van der Waals surface area (Å²) in [5, 5.41) is 8.41. The molecule has 0 saturated heterocycles. The van der Waals surface area contributed by atoms with E-state index >= 15 is 0 Å². The van der Waals surface area contributed by atoms with Crippen molar-refractivity contribution in [2.24, 2.45) is 0 Å². The van der Waals surface area contributed by atoms with Crippen LogP contribution in [0, 0.1) is 0 Å². The Kier molecular flexibility index (Phi) is 10.2. The normalized spacial score (nSPS) is 12.9.